The number of hydrogen-bond acceptors (Lipinski definition) is 1. The van der Waals surface area contributed by atoms with Gasteiger partial charge in [0.15, 0.2) is 0 Å². The Morgan fingerprint density at radius 3 is 2.05 bits per heavy atom. The maximum Gasteiger partial charge on any atom is 0.233 e. The number of nitrogens with zero attached hydrogens (tertiary/aromatic N) is 1. The van der Waals surface area contributed by atoms with Gasteiger partial charge in [-0.2, -0.15) is 0 Å². The molecule has 0 aromatic heterocycles. The highest BCUT2D eigenvalue weighted by Crippen LogP contribution is 2.45. The Hall–Kier alpha value is -1.31. The molecule has 1 saturated carbocycles. The number of hydrogen-bond donors (Lipinski definition) is 0. The lowest BCUT2D eigenvalue weighted by molar-refractivity contribution is -0.140. The first-order chi connectivity index (χ1) is 9.33. The predicted molar refractivity (Wildman–Crippen MR) is 77.0 cm³/mol. The molecule has 1 saturated heterocycles. The summed E-state index contributed by atoms with van der Waals surface area (Å²) in [7, 11) is 0. The van der Waals surface area contributed by atoms with Crippen LogP contribution in [-0.2, 0) is 10.2 Å². The minimum atomic E-state index is -0.189. The summed E-state index contributed by atoms with van der Waals surface area (Å²) in [6.45, 7) is 1.93. The summed E-state index contributed by atoms with van der Waals surface area (Å²) in [6.07, 6.45) is 8.17. The Morgan fingerprint density at radius 1 is 0.895 bits per heavy atom. The summed E-state index contributed by atoms with van der Waals surface area (Å²) < 4.78 is 0. The summed E-state index contributed by atoms with van der Waals surface area (Å²) in [5, 5.41) is 0. The molecule has 2 nitrogen and oxygen atoms in total. The van der Waals surface area contributed by atoms with Gasteiger partial charge >= 0.3 is 0 Å². The molecule has 2 fully saturated rings. The fourth-order valence-corrected chi connectivity index (χ4v) is 3.49. The highest BCUT2D eigenvalue weighted by Gasteiger charge is 2.47. The molecule has 0 spiro atoms. The van der Waals surface area contributed by atoms with Crippen molar-refractivity contribution in [3.8, 4) is 0 Å². The molecular weight excluding hydrogens is 234 g/mol. The molecule has 1 heterocycles. The molecule has 0 N–H and O–H groups in total. The number of likely N-dealkylation sites (tertiary alicyclic amines) is 1. The Kier molecular flexibility index (Phi) is 3.58. The molecule has 1 amide bonds. The van der Waals surface area contributed by atoms with Crippen LogP contribution in [0.25, 0.3) is 0 Å². The average molecular weight is 257 g/mol. The molecule has 1 aromatic rings. The lowest BCUT2D eigenvalue weighted by atomic mass is 9.63. The zero-order chi connectivity index (χ0) is 13.1. The Bertz CT molecular complexity index is 428. The number of carbonyl (C=O) groups is 1. The van der Waals surface area contributed by atoms with E-state index >= 15 is 0 Å². The molecule has 0 bridgehead atoms. The third-order valence-electron chi connectivity index (χ3n) is 4.84. The fourth-order valence-electron chi connectivity index (χ4n) is 3.49. The van der Waals surface area contributed by atoms with E-state index in [-0.39, 0.29) is 5.41 Å². The van der Waals surface area contributed by atoms with E-state index in [1.165, 1.54) is 37.7 Å². The summed E-state index contributed by atoms with van der Waals surface area (Å²) >= 11 is 0. The van der Waals surface area contributed by atoms with Gasteiger partial charge in [0.25, 0.3) is 0 Å². The van der Waals surface area contributed by atoms with Gasteiger partial charge in [0.05, 0.1) is 5.41 Å². The molecular formula is C17H23NO. The molecule has 19 heavy (non-hydrogen) atoms. The van der Waals surface area contributed by atoms with Crippen LogP contribution in [0.2, 0.25) is 0 Å². The first kappa shape index (κ1) is 12.7. The van der Waals surface area contributed by atoms with Gasteiger partial charge in [0.2, 0.25) is 5.91 Å². The van der Waals surface area contributed by atoms with Gasteiger partial charge < -0.3 is 4.90 Å². The van der Waals surface area contributed by atoms with Gasteiger partial charge in [-0.25, -0.2) is 0 Å². The van der Waals surface area contributed by atoms with Crippen LogP contribution < -0.4 is 0 Å². The van der Waals surface area contributed by atoms with E-state index in [1.807, 2.05) is 6.07 Å². The number of benzene rings is 1. The highest BCUT2D eigenvalue weighted by molar-refractivity contribution is 5.89. The van der Waals surface area contributed by atoms with Crippen molar-refractivity contribution >= 4 is 5.91 Å². The van der Waals surface area contributed by atoms with Gasteiger partial charge in [0.1, 0.15) is 0 Å². The Balaban J connectivity index is 1.83. The first-order valence-corrected chi connectivity index (χ1v) is 7.68. The van der Waals surface area contributed by atoms with Gasteiger partial charge in [-0.1, -0.05) is 49.6 Å². The van der Waals surface area contributed by atoms with E-state index in [9.17, 15) is 4.79 Å². The van der Waals surface area contributed by atoms with Crippen molar-refractivity contribution in [2.75, 3.05) is 13.1 Å². The van der Waals surface area contributed by atoms with Gasteiger partial charge in [-0.05, 0) is 31.2 Å². The lowest BCUT2D eigenvalue weighted by Gasteiger charge is -2.44. The number of rotatable bonds is 2. The van der Waals surface area contributed by atoms with Crippen molar-refractivity contribution in [1.82, 2.24) is 4.90 Å². The van der Waals surface area contributed by atoms with Crippen LogP contribution in [0.1, 0.15) is 50.5 Å². The van der Waals surface area contributed by atoms with Crippen molar-refractivity contribution in [2.45, 2.75) is 50.4 Å². The molecule has 1 aromatic carbocycles. The van der Waals surface area contributed by atoms with Crippen LogP contribution >= 0.6 is 0 Å². The number of carbonyl (C=O) groups excluding carboxylic acids is 1. The van der Waals surface area contributed by atoms with Gasteiger partial charge in [-0.15, -0.1) is 0 Å². The second-order valence-electron chi connectivity index (χ2n) is 6.01. The normalized spacial score (nSPS) is 22.4. The van der Waals surface area contributed by atoms with E-state index < -0.39 is 0 Å². The summed E-state index contributed by atoms with van der Waals surface area (Å²) in [5.74, 6) is 0.395. The highest BCUT2D eigenvalue weighted by atomic mass is 16.2. The molecule has 1 aliphatic carbocycles. The monoisotopic (exact) mass is 257 g/mol. The van der Waals surface area contributed by atoms with Crippen LogP contribution in [0.15, 0.2) is 30.3 Å². The second-order valence-corrected chi connectivity index (χ2v) is 6.01. The van der Waals surface area contributed by atoms with Crippen molar-refractivity contribution < 1.29 is 4.79 Å². The Morgan fingerprint density at radius 2 is 1.53 bits per heavy atom. The molecule has 2 heteroatoms. The third-order valence-corrected chi connectivity index (χ3v) is 4.84. The van der Waals surface area contributed by atoms with Crippen molar-refractivity contribution in [3.05, 3.63) is 35.9 Å². The average Bonchev–Trinajstić information content (AvgIpc) is 2.67. The van der Waals surface area contributed by atoms with E-state index in [4.69, 9.17) is 0 Å². The maximum absolute atomic E-state index is 13.0. The van der Waals surface area contributed by atoms with Crippen LogP contribution in [0, 0.1) is 0 Å². The minimum Gasteiger partial charge on any atom is -0.342 e. The van der Waals surface area contributed by atoms with Crippen LogP contribution in [0.3, 0.4) is 0 Å². The molecule has 102 valence electrons. The standard InChI is InChI=1S/C17H23NO/c19-16(18-13-6-1-2-7-14-18)17(11-8-12-17)15-9-4-3-5-10-15/h3-5,9-10H,1-2,6-8,11-14H2. The van der Waals surface area contributed by atoms with E-state index in [0.29, 0.717) is 5.91 Å². The van der Waals surface area contributed by atoms with Crippen molar-refractivity contribution in [3.63, 3.8) is 0 Å². The van der Waals surface area contributed by atoms with E-state index in [1.54, 1.807) is 0 Å². The SMILES string of the molecule is O=C(N1CCCCCC1)C1(c2ccccc2)CCC1. The quantitative estimate of drug-likeness (QED) is 0.794. The molecule has 1 aliphatic heterocycles. The third kappa shape index (κ3) is 2.29. The van der Waals surface area contributed by atoms with E-state index in [2.05, 4.69) is 29.2 Å². The van der Waals surface area contributed by atoms with Crippen LogP contribution in [0.5, 0.6) is 0 Å². The van der Waals surface area contributed by atoms with Crippen LogP contribution in [-0.4, -0.2) is 23.9 Å². The summed E-state index contributed by atoms with van der Waals surface area (Å²) in [6, 6.07) is 10.4. The lowest BCUT2D eigenvalue weighted by Crippen LogP contribution is -2.51. The maximum atomic E-state index is 13.0. The molecule has 0 unspecified atom stereocenters. The topological polar surface area (TPSA) is 20.3 Å². The van der Waals surface area contributed by atoms with Gasteiger partial charge in [0, 0.05) is 13.1 Å². The fraction of sp³-hybridized carbons (Fsp3) is 0.588. The first-order valence-electron chi connectivity index (χ1n) is 7.68. The molecule has 3 rings (SSSR count). The molecule has 2 aliphatic rings. The predicted octanol–water partition coefficient (Wildman–Crippen LogP) is 3.51. The van der Waals surface area contributed by atoms with Crippen LogP contribution in [0.4, 0.5) is 0 Å². The number of amides is 1. The smallest absolute Gasteiger partial charge is 0.233 e. The van der Waals surface area contributed by atoms with Crippen molar-refractivity contribution in [2.24, 2.45) is 0 Å². The van der Waals surface area contributed by atoms with Crippen molar-refractivity contribution in [1.29, 1.82) is 0 Å². The molecule has 0 atom stereocenters. The van der Waals surface area contributed by atoms with Gasteiger partial charge in [-0.3, -0.25) is 4.79 Å². The Labute approximate surface area is 115 Å². The van der Waals surface area contributed by atoms with E-state index in [0.717, 1.165) is 25.9 Å². The zero-order valence-corrected chi connectivity index (χ0v) is 11.6. The minimum absolute atomic E-state index is 0.189. The summed E-state index contributed by atoms with van der Waals surface area (Å²) in [4.78, 5) is 15.1. The zero-order valence-electron chi connectivity index (χ0n) is 11.6. The second kappa shape index (κ2) is 5.36. The summed E-state index contributed by atoms with van der Waals surface area (Å²) in [5.41, 5.74) is 1.04. The molecule has 0 radical (unpaired) electrons. The largest absolute Gasteiger partial charge is 0.342 e.